The molecule has 0 aliphatic rings. The summed E-state index contributed by atoms with van der Waals surface area (Å²) in [6.45, 7) is 11.9. The number of rotatable bonds is 10. The van der Waals surface area contributed by atoms with Crippen molar-refractivity contribution in [2.24, 2.45) is 0 Å². The summed E-state index contributed by atoms with van der Waals surface area (Å²) < 4.78 is 11.8. The van der Waals surface area contributed by atoms with E-state index in [9.17, 15) is 0 Å². The molecule has 0 spiro atoms. The molecule has 0 saturated carbocycles. The zero-order valence-corrected chi connectivity index (χ0v) is 11.6. The monoisotopic (exact) mass is 230 g/mol. The lowest BCUT2D eigenvalue weighted by Gasteiger charge is -2.25. The van der Waals surface area contributed by atoms with E-state index in [1.54, 1.807) is 0 Å². The molecule has 0 aromatic heterocycles. The van der Waals surface area contributed by atoms with Gasteiger partial charge >= 0.3 is 8.56 Å². The first kappa shape index (κ1) is 14.9. The van der Waals surface area contributed by atoms with Crippen LogP contribution in [-0.4, -0.2) is 21.8 Å². The molecule has 0 rings (SSSR count). The molecule has 0 fully saturated rings. The summed E-state index contributed by atoms with van der Waals surface area (Å²) in [4.78, 5) is 0. The molecule has 0 amide bonds. The molecule has 0 aliphatic carbocycles. The topological polar surface area (TPSA) is 18.5 Å². The van der Waals surface area contributed by atoms with E-state index >= 15 is 0 Å². The van der Waals surface area contributed by atoms with E-state index in [-0.39, 0.29) is 0 Å². The molecule has 0 radical (unpaired) electrons. The molecule has 0 bridgehead atoms. The van der Waals surface area contributed by atoms with Gasteiger partial charge in [0.25, 0.3) is 0 Å². The number of unbranched alkanes of at least 4 members (excludes halogenated alkanes) is 2. The highest BCUT2D eigenvalue weighted by Gasteiger charge is 2.29. The zero-order valence-electron chi connectivity index (χ0n) is 10.6. The average Bonchev–Trinajstić information content (AvgIpc) is 2.19. The van der Waals surface area contributed by atoms with Crippen LogP contribution in [0.4, 0.5) is 0 Å². The molecule has 0 heterocycles. The molecular formula is C12H26O2Si. The zero-order chi connectivity index (χ0) is 11.6. The Morgan fingerprint density at radius 2 is 1.53 bits per heavy atom. The van der Waals surface area contributed by atoms with Crippen molar-refractivity contribution in [2.45, 2.75) is 52.1 Å². The highest BCUT2D eigenvalue weighted by Crippen LogP contribution is 2.15. The van der Waals surface area contributed by atoms with Gasteiger partial charge in [-0.25, -0.2) is 0 Å². The minimum atomic E-state index is -1.94. The second-order valence-electron chi connectivity index (χ2n) is 4.03. The summed E-state index contributed by atoms with van der Waals surface area (Å²) in [6.07, 6.45) is 6.51. The van der Waals surface area contributed by atoms with Crippen LogP contribution in [-0.2, 0) is 8.85 Å². The van der Waals surface area contributed by atoms with Crippen LogP contribution >= 0.6 is 0 Å². The van der Waals surface area contributed by atoms with Crippen molar-refractivity contribution in [2.75, 3.05) is 13.2 Å². The molecule has 0 saturated heterocycles. The fraction of sp³-hybridized carbons (Fsp3) is 0.833. The summed E-state index contributed by atoms with van der Waals surface area (Å²) >= 11 is 0. The third-order valence-corrected chi connectivity index (χ3v) is 4.99. The van der Waals surface area contributed by atoms with Gasteiger partial charge in [0.2, 0.25) is 0 Å². The number of allylic oxidation sites excluding steroid dienone is 1. The maximum atomic E-state index is 5.90. The van der Waals surface area contributed by atoms with E-state index < -0.39 is 8.56 Å². The molecule has 0 unspecified atom stereocenters. The van der Waals surface area contributed by atoms with E-state index in [1.165, 1.54) is 12.8 Å². The lowest BCUT2D eigenvalue weighted by molar-refractivity contribution is 0.171. The Morgan fingerprint density at radius 1 is 1.07 bits per heavy atom. The smallest absolute Gasteiger partial charge is 0.338 e. The molecule has 0 N–H and O–H groups in total. The molecule has 0 aliphatic heterocycles. The van der Waals surface area contributed by atoms with Crippen molar-refractivity contribution >= 4 is 8.56 Å². The van der Waals surface area contributed by atoms with E-state index in [0.29, 0.717) is 0 Å². The van der Waals surface area contributed by atoms with Gasteiger partial charge in [0.05, 0.1) is 0 Å². The van der Waals surface area contributed by atoms with Gasteiger partial charge in [-0.1, -0.05) is 32.8 Å². The van der Waals surface area contributed by atoms with Crippen LogP contribution in [0.2, 0.25) is 12.6 Å². The van der Waals surface area contributed by atoms with E-state index in [0.717, 1.165) is 32.1 Å². The Labute approximate surface area is 95.9 Å². The molecule has 0 atom stereocenters. The van der Waals surface area contributed by atoms with Crippen LogP contribution in [0.25, 0.3) is 0 Å². The van der Waals surface area contributed by atoms with E-state index in [2.05, 4.69) is 27.0 Å². The van der Waals surface area contributed by atoms with Crippen LogP contribution in [0, 0.1) is 0 Å². The van der Waals surface area contributed by atoms with Crippen LogP contribution < -0.4 is 0 Å². The van der Waals surface area contributed by atoms with Crippen molar-refractivity contribution in [3.8, 4) is 0 Å². The van der Waals surface area contributed by atoms with E-state index in [1.807, 2.05) is 6.08 Å². The fourth-order valence-corrected chi connectivity index (χ4v) is 3.28. The van der Waals surface area contributed by atoms with Gasteiger partial charge < -0.3 is 8.85 Å². The van der Waals surface area contributed by atoms with Crippen molar-refractivity contribution in [3.63, 3.8) is 0 Å². The van der Waals surface area contributed by atoms with Gasteiger partial charge in [0.15, 0.2) is 0 Å². The Morgan fingerprint density at radius 3 is 1.87 bits per heavy atom. The SMILES string of the molecule is C=CC[Si](C)(OCCCC)OCCCC. The summed E-state index contributed by atoms with van der Waals surface area (Å²) in [5.74, 6) is 0. The lowest BCUT2D eigenvalue weighted by Crippen LogP contribution is -2.38. The van der Waals surface area contributed by atoms with Gasteiger partial charge in [0.1, 0.15) is 0 Å². The molecule has 2 nitrogen and oxygen atoms in total. The predicted molar refractivity (Wildman–Crippen MR) is 68.3 cm³/mol. The molecule has 90 valence electrons. The molecule has 0 aromatic rings. The van der Waals surface area contributed by atoms with Crippen LogP contribution in [0.15, 0.2) is 12.7 Å². The minimum absolute atomic E-state index is 0.833. The Kier molecular flexibility index (Phi) is 9.05. The summed E-state index contributed by atoms with van der Waals surface area (Å²) in [6, 6.07) is 0.889. The normalized spacial score (nSPS) is 11.7. The third-order valence-electron chi connectivity index (χ3n) is 2.33. The minimum Gasteiger partial charge on any atom is -0.394 e. The lowest BCUT2D eigenvalue weighted by atomic mass is 10.4. The number of hydrogen-bond acceptors (Lipinski definition) is 2. The first-order valence-corrected chi connectivity index (χ1v) is 8.59. The first-order valence-electron chi connectivity index (χ1n) is 6.07. The largest absolute Gasteiger partial charge is 0.394 e. The Balaban J connectivity index is 3.88. The first-order chi connectivity index (χ1) is 7.18. The summed E-state index contributed by atoms with van der Waals surface area (Å²) in [7, 11) is -1.94. The standard InChI is InChI=1S/C12H26O2Si/c1-5-8-10-13-15(4,12-7-3)14-11-9-6-2/h7H,3,5-6,8-12H2,1-2,4H3. The Bertz CT molecular complexity index is 150. The van der Waals surface area contributed by atoms with Gasteiger partial charge in [-0.15, -0.1) is 6.58 Å². The van der Waals surface area contributed by atoms with E-state index in [4.69, 9.17) is 8.85 Å². The highest BCUT2D eigenvalue weighted by atomic mass is 28.4. The van der Waals surface area contributed by atoms with Crippen molar-refractivity contribution in [1.82, 2.24) is 0 Å². The van der Waals surface area contributed by atoms with Gasteiger partial charge in [-0.05, 0) is 19.4 Å². The average molecular weight is 230 g/mol. The summed E-state index contributed by atoms with van der Waals surface area (Å²) in [5, 5.41) is 0. The Hall–Kier alpha value is -0.123. The van der Waals surface area contributed by atoms with Crippen molar-refractivity contribution in [3.05, 3.63) is 12.7 Å². The maximum absolute atomic E-state index is 5.90. The van der Waals surface area contributed by atoms with Crippen molar-refractivity contribution in [1.29, 1.82) is 0 Å². The third kappa shape index (κ3) is 7.77. The van der Waals surface area contributed by atoms with Gasteiger partial charge in [0, 0.05) is 19.3 Å². The molecule has 3 heteroatoms. The fourth-order valence-electron chi connectivity index (χ4n) is 1.29. The maximum Gasteiger partial charge on any atom is 0.338 e. The summed E-state index contributed by atoms with van der Waals surface area (Å²) in [5.41, 5.74) is 0. The quantitative estimate of drug-likeness (QED) is 0.322. The van der Waals surface area contributed by atoms with Crippen LogP contribution in [0.3, 0.4) is 0 Å². The second kappa shape index (κ2) is 9.13. The molecule has 0 aromatic carbocycles. The molecule has 15 heavy (non-hydrogen) atoms. The molecular weight excluding hydrogens is 204 g/mol. The van der Waals surface area contributed by atoms with Crippen LogP contribution in [0.1, 0.15) is 39.5 Å². The van der Waals surface area contributed by atoms with Crippen LogP contribution in [0.5, 0.6) is 0 Å². The highest BCUT2D eigenvalue weighted by molar-refractivity contribution is 6.66. The van der Waals surface area contributed by atoms with Gasteiger partial charge in [-0.3, -0.25) is 0 Å². The van der Waals surface area contributed by atoms with Gasteiger partial charge in [-0.2, -0.15) is 0 Å². The second-order valence-corrected chi connectivity index (χ2v) is 7.28. The van der Waals surface area contributed by atoms with Crippen molar-refractivity contribution < 1.29 is 8.85 Å². The predicted octanol–water partition coefficient (Wildman–Crippen LogP) is 3.88. The number of hydrogen-bond donors (Lipinski definition) is 0.